The highest BCUT2D eigenvalue weighted by Gasteiger charge is 2.32. The van der Waals surface area contributed by atoms with E-state index in [1.54, 1.807) is 0 Å². The number of anilines is 1. The molecule has 0 spiro atoms. The van der Waals surface area contributed by atoms with Gasteiger partial charge in [0.05, 0.1) is 0 Å². The van der Waals surface area contributed by atoms with Crippen LogP contribution in [0.25, 0.3) is 0 Å². The Morgan fingerprint density at radius 1 is 1.29 bits per heavy atom. The third kappa shape index (κ3) is 3.02. The molecular formula is C16H24N4O. The molecule has 3 heterocycles. The van der Waals surface area contributed by atoms with Crippen LogP contribution in [-0.4, -0.2) is 60.0 Å². The van der Waals surface area contributed by atoms with E-state index in [0.717, 1.165) is 36.6 Å². The summed E-state index contributed by atoms with van der Waals surface area (Å²) in [6.45, 7) is 6.07. The molecule has 1 amide bonds. The Morgan fingerprint density at radius 2 is 2.05 bits per heavy atom. The van der Waals surface area contributed by atoms with Crippen LogP contribution in [-0.2, 0) is 0 Å². The molecule has 5 heteroatoms. The van der Waals surface area contributed by atoms with Crippen molar-refractivity contribution in [3.63, 3.8) is 0 Å². The molecule has 3 rings (SSSR count). The SMILES string of the molecule is CNc1cc(C(=O)N2CCC(N3CCCC3)C2)cc(C)n1. The van der Waals surface area contributed by atoms with Gasteiger partial charge in [-0.1, -0.05) is 0 Å². The molecule has 0 saturated carbocycles. The Morgan fingerprint density at radius 3 is 2.76 bits per heavy atom. The van der Waals surface area contributed by atoms with Crippen molar-refractivity contribution < 1.29 is 4.79 Å². The van der Waals surface area contributed by atoms with Gasteiger partial charge in [-0.3, -0.25) is 9.69 Å². The van der Waals surface area contributed by atoms with Crippen LogP contribution in [0.15, 0.2) is 12.1 Å². The molecule has 2 fully saturated rings. The van der Waals surface area contributed by atoms with E-state index in [2.05, 4.69) is 15.2 Å². The van der Waals surface area contributed by atoms with Crippen LogP contribution >= 0.6 is 0 Å². The van der Waals surface area contributed by atoms with Crippen LogP contribution in [0.5, 0.6) is 0 Å². The number of likely N-dealkylation sites (tertiary alicyclic amines) is 2. The van der Waals surface area contributed by atoms with Crippen molar-refractivity contribution in [1.82, 2.24) is 14.8 Å². The third-order valence-electron chi connectivity index (χ3n) is 4.56. The van der Waals surface area contributed by atoms with Gasteiger partial charge < -0.3 is 10.2 Å². The highest BCUT2D eigenvalue weighted by atomic mass is 16.2. The first kappa shape index (κ1) is 14.3. The summed E-state index contributed by atoms with van der Waals surface area (Å²) in [7, 11) is 1.83. The largest absolute Gasteiger partial charge is 0.373 e. The Bertz CT molecular complexity index is 525. The first-order chi connectivity index (χ1) is 10.2. The lowest BCUT2D eigenvalue weighted by molar-refractivity contribution is 0.0780. The predicted molar refractivity (Wildman–Crippen MR) is 83.6 cm³/mol. The van der Waals surface area contributed by atoms with E-state index in [0.29, 0.717) is 6.04 Å². The zero-order chi connectivity index (χ0) is 14.8. The molecule has 1 atom stereocenters. The van der Waals surface area contributed by atoms with Gasteiger partial charge in [0.1, 0.15) is 5.82 Å². The molecule has 0 bridgehead atoms. The maximum absolute atomic E-state index is 12.7. The van der Waals surface area contributed by atoms with Gasteiger partial charge in [-0.15, -0.1) is 0 Å². The van der Waals surface area contributed by atoms with E-state index in [1.807, 2.05) is 31.0 Å². The van der Waals surface area contributed by atoms with Gasteiger partial charge in [0, 0.05) is 37.4 Å². The summed E-state index contributed by atoms with van der Waals surface area (Å²) in [5, 5.41) is 3.02. The average Bonchev–Trinajstić information content (AvgIpc) is 3.16. The molecule has 0 radical (unpaired) electrons. The zero-order valence-corrected chi connectivity index (χ0v) is 12.9. The lowest BCUT2D eigenvalue weighted by atomic mass is 10.2. The fourth-order valence-corrected chi connectivity index (χ4v) is 3.43. The second kappa shape index (κ2) is 6.02. The molecule has 2 saturated heterocycles. The Labute approximate surface area is 126 Å². The smallest absolute Gasteiger partial charge is 0.254 e. The van der Waals surface area contributed by atoms with Crippen LogP contribution in [0.2, 0.25) is 0 Å². The molecule has 2 aliphatic heterocycles. The topological polar surface area (TPSA) is 48.5 Å². The summed E-state index contributed by atoms with van der Waals surface area (Å²) < 4.78 is 0. The fraction of sp³-hybridized carbons (Fsp3) is 0.625. The Balaban J connectivity index is 1.69. The number of carbonyl (C=O) groups excluding carboxylic acids is 1. The highest BCUT2D eigenvalue weighted by molar-refractivity contribution is 5.95. The zero-order valence-electron chi connectivity index (χ0n) is 12.9. The van der Waals surface area contributed by atoms with Crippen molar-refractivity contribution >= 4 is 11.7 Å². The Kier molecular flexibility index (Phi) is 4.10. The van der Waals surface area contributed by atoms with Gasteiger partial charge in [-0.05, 0) is 51.4 Å². The number of rotatable bonds is 3. The van der Waals surface area contributed by atoms with Crippen LogP contribution in [0, 0.1) is 6.92 Å². The summed E-state index contributed by atoms with van der Waals surface area (Å²) in [5.74, 6) is 0.896. The molecule has 114 valence electrons. The standard InChI is InChI=1S/C16H24N4O/c1-12-9-13(10-15(17-2)18-12)16(21)20-8-5-14(11-20)19-6-3-4-7-19/h9-10,14H,3-8,11H2,1-2H3,(H,17,18). The summed E-state index contributed by atoms with van der Waals surface area (Å²) in [6.07, 6.45) is 3.72. The quantitative estimate of drug-likeness (QED) is 0.920. The lowest BCUT2D eigenvalue weighted by Crippen LogP contribution is -2.37. The first-order valence-corrected chi connectivity index (χ1v) is 7.87. The van der Waals surface area contributed by atoms with E-state index < -0.39 is 0 Å². The number of pyridine rings is 1. The van der Waals surface area contributed by atoms with E-state index in [1.165, 1.54) is 25.9 Å². The predicted octanol–water partition coefficient (Wildman–Crippen LogP) is 1.74. The van der Waals surface area contributed by atoms with Crippen molar-refractivity contribution in [3.05, 3.63) is 23.4 Å². The minimum Gasteiger partial charge on any atom is -0.373 e. The number of carbonyl (C=O) groups is 1. The average molecular weight is 288 g/mol. The molecule has 5 nitrogen and oxygen atoms in total. The van der Waals surface area contributed by atoms with Gasteiger partial charge in [0.15, 0.2) is 0 Å². The summed E-state index contributed by atoms with van der Waals surface area (Å²) in [5.41, 5.74) is 1.62. The van der Waals surface area contributed by atoms with Gasteiger partial charge in [-0.2, -0.15) is 0 Å². The number of aromatic nitrogens is 1. The number of hydrogen-bond acceptors (Lipinski definition) is 4. The van der Waals surface area contributed by atoms with Crippen molar-refractivity contribution in [2.45, 2.75) is 32.2 Å². The van der Waals surface area contributed by atoms with E-state index in [-0.39, 0.29) is 5.91 Å². The number of amides is 1. The van der Waals surface area contributed by atoms with Crippen LogP contribution in [0.3, 0.4) is 0 Å². The first-order valence-electron chi connectivity index (χ1n) is 7.87. The summed E-state index contributed by atoms with van der Waals surface area (Å²) in [4.78, 5) is 21.6. The molecule has 21 heavy (non-hydrogen) atoms. The van der Waals surface area contributed by atoms with Crippen molar-refractivity contribution in [1.29, 1.82) is 0 Å². The molecule has 1 aromatic heterocycles. The molecule has 1 N–H and O–H groups in total. The third-order valence-corrected chi connectivity index (χ3v) is 4.56. The van der Waals surface area contributed by atoms with E-state index in [4.69, 9.17) is 0 Å². The highest BCUT2D eigenvalue weighted by Crippen LogP contribution is 2.22. The van der Waals surface area contributed by atoms with Gasteiger partial charge in [0.2, 0.25) is 0 Å². The normalized spacial score (nSPS) is 22.8. The summed E-state index contributed by atoms with van der Waals surface area (Å²) >= 11 is 0. The molecule has 0 aliphatic carbocycles. The molecule has 2 aliphatic rings. The fourth-order valence-electron chi connectivity index (χ4n) is 3.43. The Hall–Kier alpha value is -1.62. The molecule has 1 unspecified atom stereocenters. The van der Waals surface area contributed by atoms with Crippen LogP contribution in [0.4, 0.5) is 5.82 Å². The molecular weight excluding hydrogens is 264 g/mol. The van der Waals surface area contributed by atoms with Crippen LogP contribution < -0.4 is 5.32 Å². The maximum atomic E-state index is 12.7. The van der Waals surface area contributed by atoms with Crippen LogP contribution in [0.1, 0.15) is 35.3 Å². The monoisotopic (exact) mass is 288 g/mol. The van der Waals surface area contributed by atoms with E-state index in [9.17, 15) is 4.79 Å². The number of nitrogens with zero attached hydrogens (tertiary/aromatic N) is 3. The second-order valence-electron chi connectivity index (χ2n) is 6.07. The van der Waals surface area contributed by atoms with Gasteiger partial charge >= 0.3 is 0 Å². The number of nitrogens with one attached hydrogen (secondary N) is 1. The van der Waals surface area contributed by atoms with Gasteiger partial charge in [0.25, 0.3) is 5.91 Å². The molecule has 1 aromatic rings. The minimum absolute atomic E-state index is 0.138. The van der Waals surface area contributed by atoms with E-state index >= 15 is 0 Å². The van der Waals surface area contributed by atoms with Crippen molar-refractivity contribution in [3.8, 4) is 0 Å². The van der Waals surface area contributed by atoms with Crippen molar-refractivity contribution in [2.24, 2.45) is 0 Å². The lowest BCUT2D eigenvalue weighted by Gasteiger charge is -2.23. The van der Waals surface area contributed by atoms with Gasteiger partial charge in [-0.25, -0.2) is 4.98 Å². The number of aryl methyl sites for hydroxylation is 1. The number of hydrogen-bond donors (Lipinski definition) is 1. The molecule has 0 aromatic carbocycles. The maximum Gasteiger partial charge on any atom is 0.254 e. The minimum atomic E-state index is 0.138. The van der Waals surface area contributed by atoms with Crippen molar-refractivity contribution in [2.75, 3.05) is 38.5 Å². The second-order valence-corrected chi connectivity index (χ2v) is 6.07. The summed E-state index contributed by atoms with van der Waals surface area (Å²) in [6, 6.07) is 4.29.